The fraction of sp³-hybridized carbons (Fsp3) is 0.714. The molecule has 0 saturated heterocycles. The van der Waals surface area contributed by atoms with Crippen molar-refractivity contribution in [1.82, 2.24) is 0 Å². The molecule has 0 amide bonds. The van der Waals surface area contributed by atoms with E-state index >= 15 is 0 Å². The minimum Gasteiger partial charge on any atom is -0.390 e. The molecule has 0 aliphatic carbocycles. The second kappa shape index (κ2) is 4.53. The molecule has 2 nitrogen and oxygen atoms in total. The van der Waals surface area contributed by atoms with Crippen molar-refractivity contribution < 1.29 is 10.2 Å². The maximum absolute atomic E-state index is 8.92. The molecule has 2 unspecified atom stereocenters. The molecular weight excluding hydrogens is 116 g/mol. The summed E-state index contributed by atoms with van der Waals surface area (Å²) in [7, 11) is 0. The minimum absolute atomic E-state index is 0.659. The highest BCUT2D eigenvalue weighted by Crippen LogP contribution is 1.94. The Morgan fingerprint density at radius 2 is 2.00 bits per heavy atom. The molecule has 0 saturated carbocycles. The van der Waals surface area contributed by atoms with Gasteiger partial charge in [-0.2, -0.15) is 0 Å². The molecular formula is C7H14O2. The van der Waals surface area contributed by atoms with Crippen LogP contribution in [0.5, 0.6) is 0 Å². The third-order valence-corrected chi connectivity index (χ3v) is 1.06. The first-order chi connectivity index (χ1) is 4.18. The van der Waals surface area contributed by atoms with Gasteiger partial charge < -0.3 is 10.2 Å². The van der Waals surface area contributed by atoms with Crippen molar-refractivity contribution in [1.29, 1.82) is 0 Å². The van der Waals surface area contributed by atoms with Crippen LogP contribution in [0.3, 0.4) is 0 Å². The second-order valence-electron chi connectivity index (χ2n) is 2.07. The van der Waals surface area contributed by atoms with E-state index in [1.807, 2.05) is 13.0 Å². The van der Waals surface area contributed by atoms with E-state index in [0.29, 0.717) is 0 Å². The molecule has 0 rings (SSSR count). The van der Waals surface area contributed by atoms with E-state index < -0.39 is 12.2 Å². The summed E-state index contributed by atoms with van der Waals surface area (Å²) in [5.74, 6) is 0. The van der Waals surface area contributed by atoms with E-state index in [1.165, 1.54) is 0 Å². The fourth-order valence-corrected chi connectivity index (χ4v) is 0.436. The summed E-state index contributed by atoms with van der Waals surface area (Å²) in [6, 6.07) is 0. The van der Waals surface area contributed by atoms with Crippen molar-refractivity contribution in [2.75, 3.05) is 0 Å². The lowest BCUT2D eigenvalue weighted by atomic mass is 10.2. The monoisotopic (exact) mass is 130 g/mol. The highest BCUT2D eigenvalue weighted by atomic mass is 16.3. The summed E-state index contributed by atoms with van der Waals surface area (Å²) in [6.45, 7) is 3.54. The maximum Gasteiger partial charge on any atom is 0.0977 e. The number of aliphatic hydroxyl groups is 2. The van der Waals surface area contributed by atoms with Crippen LogP contribution in [0.2, 0.25) is 0 Å². The van der Waals surface area contributed by atoms with Gasteiger partial charge in [-0.05, 0) is 13.3 Å². The van der Waals surface area contributed by atoms with Gasteiger partial charge in [0.15, 0.2) is 0 Å². The predicted octanol–water partition coefficient (Wildman–Crippen LogP) is 0.694. The lowest BCUT2D eigenvalue weighted by Crippen LogP contribution is -2.19. The highest BCUT2D eigenvalue weighted by Gasteiger charge is 2.03. The van der Waals surface area contributed by atoms with Gasteiger partial charge in [0.1, 0.15) is 0 Å². The van der Waals surface area contributed by atoms with Crippen LogP contribution >= 0.6 is 0 Å². The Morgan fingerprint density at radius 3 is 2.33 bits per heavy atom. The molecule has 0 aliphatic heterocycles. The molecule has 0 fully saturated rings. The minimum atomic E-state index is -0.704. The smallest absolute Gasteiger partial charge is 0.0977 e. The molecule has 0 aromatic heterocycles. The van der Waals surface area contributed by atoms with E-state index in [9.17, 15) is 0 Å². The van der Waals surface area contributed by atoms with Gasteiger partial charge >= 0.3 is 0 Å². The van der Waals surface area contributed by atoms with Crippen molar-refractivity contribution in [3.8, 4) is 0 Å². The van der Waals surface area contributed by atoms with Gasteiger partial charge in [-0.1, -0.05) is 19.1 Å². The Kier molecular flexibility index (Phi) is 4.36. The van der Waals surface area contributed by atoms with E-state index in [4.69, 9.17) is 10.2 Å². The SMILES string of the molecule is CC/C=C/C(O)C(C)O. The van der Waals surface area contributed by atoms with Gasteiger partial charge in [0.2, 0.25) is 0 Å². The van der Waals surface area contributed by atoms with Crippen LogP contribution in [0.15, 0.2) is 12.2 Å². The van der Waals surface area contributed by atoms with Crippen LogP contribution in [-0.4, -0.2) is 22.4 Å². The van der Waals surface area contributed by atoms with Crippen LogP contribution in [0.1, 0.15) is 20.3 Å². The third-order valence-electron chi connectivity index (χ3n) is 1.06. The molecule has 2 N–H and O–H groups in total. The second-order valence-corrected chi connectivity index (χ2v) is 2.07. The average Bonchev–Trinajstić information content (AvgIpc) is 1.82. The Hall–Kier alpha value is -0.340. The van der Waals surface area contributed by atoms with Gasteiger partial charge in [0.05, 0.1) is 12.2 Å². The van der Waals surface area contributed by atoms with E-state index in [-0.39, 0.29) is 0 Å². The van der Waals surface area contributed by atoms with Gasteiger partial charge in [0, 0.05) is 0 Å². The lowest BCUT2D eigenvalue weighted by molar-refractivity contribution is 0.0618. The highest BCUT2D eigenvalue weighted by molar-refractivity contribution is 4.89. The molecule has 0 aromatic carbocycles. The normalized spacial score (nSPS) is 18.2. The summed E-state index contributed by atoms with van der Waals surface area (Å²) < 4.78 is 0. The first kappa shape index (κ1) is 8.66. The fourth-order valence-electron chi connectivity index (χ4n) is 0.436. The zero-order chi connectivity index (χ0) is 7.28. The number of allylic oxidation sites excluding steroid dienone is 1. The Morgan fingerprint density at radius 1 is 1.44 bits per heavy atom. The van der Waals surface area contributed by atoms with Crippen molar-refractivity contribution in [2.45, 2.75) is 32.5 Å². The van der Waals surface area contributed by atoms with Crippen molar-refractivity contribution in [3.05, 3.63) is 12.2 Å². The van der Waals surface area contributed by atoms with Crippen LogP contribution in [0, 0.1) is 0 Å². The molecule has 0 heterocycles. The zero-order valence-electron chi connectivity index (χ0n) is 5.91. The Balaban J connectivity index is 3.48. The van der Waals surface area contributed by atoms with Crippen LogP contribution in [0.25, 0.3) is 0 Å². The quantitative estimate of drug-likeness (QED) is 0.552. The van der Waals surface area contributed by atoms with Crippen LogP contribution < -0.4 is 0 Å². The number of rotatable bonds is 3. The van der Waals surface area contributed by atoms with Gasteiger partial charge in [-0.15, -0.1) is 0 Å². The summed E-state index contributed by atoms with van der Waals surface area (Å²) in [5, 5.41) is 17.7. The van der Waals surface area contributed by atoms with Crippen LogP contribution in [-0.2, 0) is 0 Å². The Labute approximate surface area is 55.8 Å². The number of hydrogen-bond donors (Lipinski definition) is 2. The van der Waals surface area contributed by atoms with Crippen LogP contribution in [0.4, 0.5) is 0 Å². The largest absolute Gasteiger partial charge is 0.390 e. The van der Waals surface area contributed by atoms with Crippen molar-refractivity contribution in [2.24, 2.45) is 0 Å². The predicted molar refractivity (Wildman–Crippen MR) is 37.1 cm³/mol. The molecule has 0 spiro atoms. The molecule has 2 atom stereocenters. The molecule has 2 heteroatoms. The first-order valence-corrected chi connectivity index (χ1v) is 3.21. The summed E-state index contributed by atoms with van der Waals surface area (Å²) in [4.78, 5) is 0. The summed E-state index contributed by atoms with van der Waals surface area (Å²) in [6.07, 6.45) is 2.96. The third kappa shape index (κ3) is 4.18. The molecule has 0 radical (unpaired) electrons. The van der Waals surface area contributed by atoms with Gasteiger partial charge in [-0.25, -0.2) is 0 Å². The molecule has 9 heavy (non-hydrogen) atoms. The topological polar surface area (TPSA) is 40.5 Å². The molecule has 0 aromatic rings. The first-order valence-electron chi connectivity index (χ1n) is 3.21. The molecule has 0 aliphatic rings. The van der Waals surface area contributed by atoms with Crippen molar-refractivity contribution in [3.63, 3.8) is 0 Å². The summed E-state index contributed by atoms with van der Waals surface area (Å²) >= 11 is 0. The van der Waals surface area contributed by atoms with Gasteiger partial charge in [0.25, 0.3) is 0 Å². The lowest BCUT2D eigenvalue weighted by Gasteiger charge is -2.06. The summed E-state index contributed by atoms with van der Waals surface area (Å²) in [5.41, 5.74) is 0. The molecule has 54 valence electrons. The van der Waals surface area contributed by atoms with E-state index in [2.05, 4.69) is 0 Å². The zero-order valence-corrected chi connectivity index (χ0v) is 5.91. The Bertz CT molecular complexity index is 86.9. The standard InChI is InChI=1S/C7H14O2/c1-3-4-5-7(9)6(2)8/h4-9H,3H2,1-2H3/b5-4+. The maximum atomic E-state index is 8.92. The van der Waals surface area contributed by atoms with Crippen molar-refractivity contribution >= 4 is 0 Å². The van der Waals surface area contributed by atoms with E-state index in [1.54, 1.807) is 13.0 Å². The average molecular weight is 130 g/mol. The number of aliphatic hydroxyl groups excluding tert-OH is 2. The van der Waals surface area contributed by atoms with Gasteiger partial charge in [-0.3, -0.25) is 0 Å². The number of hydrogen-bond acceptors (Lipinski definition) is 2. The molecule has 0 bridgehead atoms. The van der Waals surface area contributed by atoms with E-state index in [0.717, 1.165) is 6.42 Å².